The fourth-order valence-electron chi connectivity index (χ4n) is 3.44. The summed E-state index contributed by atoms with van der Waals surface area (Å²) >= 11 is 0. The Balaban J connectivity index is 1.57. The van der Waals surface area contributed by atoms with Crippen molar-refractivity contribution in [3.05, 3.63) is 53.6 Å². The number of amides is 2. The van der Waals surface area contributed by atoms with Gasteiger partial charge in [-0.3, -0.25) is 9.59 Å². The molecule has 0 bridgehead atoms. The molecule has 0 aliphatic carbocycles. The van der Waals surface area contributed by atoms with Crippen LogP contribution in [0.1, 0.15) is 30.9 Å². The summed E-state index contributed by atoms with van der Waals surface area (Å²) in [5, 5.41) is 5.31. The van der Waals surface area contributed by atoms with Crippen molar-refractivity contribution in [1.82, 2.24) is 0 Å². The van der Waals surface area contributed by atoms with Crippen LogP contribution in [0.5, 0.6) is 0 Å². The van der Waals surface area contributed by atoms with E-state index in [9.17, 15) is 9.59 Å². The number of benzene rings is 2. The van der Waals surface area contributed by atoms with E-state index in [0.29, 0.717) is 11.4 Å². The average Bonchev–Trinajstić information content (AvgIpc) is 2.62. The van der Waals surface area contributed by atoms with Gasteiger partial charge >= 0.3 is 11.8 Å². The molecule has 2 N–H and O–H groups in total. The number of aryl methyl sites for hydroxylation is 2. The second kappa shape index (κ2) is 8.25. The number of nitrogens with zero attached hydrogens (tertiary/aromatic N) is 1. The summed E-state index contributed by atoms with van der Waals surface area (Å²) in [6.45, 7) is 8.32. The Morgan fingerprint density at radius 1 is 0.852 bits per heavy atom. The molecule has 0 unspecified atom stereocenters. The van der Waals surface area contributed by atoms with Crippen molar-refractivity contribution in [2.75, 3.05) is 28.6 Å². The zero-order valence-electron chi connectivity index (χ0n) is 16.2. The fraction of sp³-hybridized carbons (Fsp3) is 0.364. The molecular formula is C22H27N3O2. The van der Waals surface area contributed by atoms with Crippen molar-refractivity contribution < 1.29 is 9.59 Å². The molecule has 3 rings (SSSR count). The Morgan fingerprint density at radius 3 is 1.93 bits per heavy atom. The zero-order chi connectivity index (χ0) is 19.4. The summed E-state index contributed by atoms with van der Waals surface area (Å²) in [6, 6.07) is 13.4. The molecule has 1 aliphatic heterocycles. The van der Waals surface area contributed by atoms with Crippen LogP contribution in [0.15, 0.2) is 42.5 Å². The Bertz CT molecular complexity index is 802. The molecule has 2 aromatic rings. The van der Waals surface area contributed by atoms with E-state index in [1.807, 2.05) is 56.3 Å². The second-order valence-corrected chi connectivity index (χ2v) is 7.50. The van der Waals surface area contributed by atoms with E-state index in [1.165, 1.54) is 12.8 Å². The van der Waals surface area contributed by atoms with Gasteiger partial charge in [0.05, 0.1) is 0 Å². The molecule has 142 valence electrons. The number of anilines is 3. The predicted molar refractivity (Wildman–Crippen MR) is 110 cm³/mol. The molecule has 0 saturated carbocycles. The van der Waals surface area contributed by atoms with Crippen LogP contribution in [0, 0.1) is 19.8 Å². The summed E-state index contributed by atoms with van der Waals surface area (Å²) in [7, 11) is 0. The highest BCUT2D eigenvalue weighted by Crippen LogP contribution is 2.24. The highest BCUT2D eigenvalue weighted by molar-refractivity contribution is 6.43. The minimum Gasteiger partial charge on any atom is -0.372 e. The lowest BCUT2D eigenvalue weighted by Gasteiger charge is -2.32. The third kappa shape index (κ3) is 5.09. The molecule has 27 heavy (non-hydrogen) atoms. The largest absolute Gasteiger partial charge is 0.372 e. The lowest BCUT2D eigenvalue weighted by atomic mass is 9.99. The van der Waals surface area contributed by atoms with Gasteiger partial charge in [-0.05, 0) is 80.1 Å². The first-order chi connectivity index (χ1) is 12.9. The number of hydrogen-bond acceptors (Lipinski definition) is 3. The van der Waals surface area contributed by atoms with Gasteiger partial charge in [0.15, 0.2) is 0 Å². The van der Waals surface area contributed by atoms with E-state index in [2.05, 4.69) is 22.5 Å². The quantitative estimate of drug-likeness (QED) is 0.805. The Labute approximate surface area is 160 Å². The standard InChI is InChI=1S/C22H27N3O2/c1-15-8-10-25(11-9-15)20-6-4-18(5-7-20)23-21(26)22(27)24-19-13-16(2)12-17(3)14-19/h4-7,12-15H,8-11H2,1-3H3,(H,23,26)(H,24,27). The topological polar surface area (TPSA) is 61.4 Å². The van der Waals surface area contributed by atoms with Gasteiger partial charge in [0.25, 0.3) is 0 Å². The van der Waals surface area contributed by atoms with Crippen LogP contribution >= 0.6 is 0 Å². The molecule has 0 spiro atoms. The van der Waals surface area contributed by atoms with Crippen LogP contribution in [-0.4, -0.2) is 24.9 Å². The van der Waals surface area contributed by atoms with Crippen molar-refractivity contribution >= 4 is 28.9 Å². The highest BCUT2D eigenvalue weighted by Gasteiger charge is 2.17. The van der Waals surface area contributed by atoms with E-state index < -0.39 is 11.8 Å². The summed E-state index contributed by atoms with van der Waals surface area (Å²) in [5.41, 5.74) is 4.47. The van der Waals surface area contributed by atoms with Crippen LogP contribution in [0.2, 0.25) is 0 Å². The van der Waals surface area contributed by atoms with Crippen molar-refractivity contribution in [2.24, 2.45) is 5.92 Å². The van der Waals surface area contributed by atoms with Crippen molar-refractivity contribution in [3.63, 3.8) is 0 Å². The maximum Gasteiger partial charge on any atom is 0.314 e. The second-order valence-electron chi connectivity index (χ2n) is 7.50. The number of hydrogen-bond donors (Lipinski definition) is 2. The molecule has 0 radical (unpaired) electrons. The molecule has 1 fully saturated rings. The lowest BCUT2D eigenvalue weighted by Crippen LogP contribution is -2.32. The molecule has 2 amide bonds. The predicted octanol–water partition coefficient (Wildman–Crippen LogP) is 4.12. The fourth-order valence-corrected chi connectivity index (χ4v) is 3.44. The number of piperidine rings is 1. The van der Waals surface area contributed by atoms with Crippen molar-refractivity contribution in [1.29, 1.82) is 0 Å². The smallest absolute Gasteiger partial charge is 0.314 e. The summed E-state index contributed by atoms with van der Waals surface area (Å²) in [5.74, 6) is -0.557. The van der Waals surface area contributed by atoms with Gasteiger partial charge in [0.1, 0.15) is 0 Å². The number of carbonyl (C=O) groups is 2. The Kier molecular flexibility index (Phi) is 5.79. The van der Waals surface area contributed by atoms with Gasteiger partial charge in [-0.2, -0.15) is 0 Å². The van der Waals surface area contributed by atoms with Gasteiger partial charge in [-0.1, -0.05) is 13.0 Å². The first kappa shape index (κ1) is 19.0. The average molecular weight is 365 g/mol. The van der Waals surface area contributed by atoms with E-state index in [1.54, 1.807) is 0 Å². The maximum atomic E-state index is 12.2. The van der Waals surface area contributed by atoms with Gasteiger partial charge in [-0.25, -0.2) is 0 Å². The summed E-state index contributed by atoms with van der Waals surface area (Å²) < 4.78 is 0. The number of carbonyl (C=O) groups excluding carboxylic acids is 2. The Morgan fingerprint density at radius 2 is 1.37 bits per heavy atom. The van der Waals surface area contributed by atoms with Crippen LogP contribution in [0.25, 0.3) is 0 Å². The van der Waals surface area contributed by atoms with Gasteiger partial charge in [0, 0.05) is 30.2 Å². The molecule has 5 heteroatoms. The van der Waals surface area contributed by atoms with Gasteiger partial charge in [-0.15, -0.1) is 0 Å². The van der Waals surface area contributed by atoms with Crippen molar-refractivity contribution in [2.45, 2.75) is 33.6 Å². The molecule has 1 heterocycles. The minimum absolute atomic E-state index is 0.615. The SMILES string of the molecule is Cc1cc(C)cc(NC(=O)C(=O)Nc2ccc(N3CCC(C)CC3)cc2)c1. The van der Waals surface area contributed by atoms with Crippen LogP contribution in [0.4, 0.5) is 17.1 Å². The maximum absolute atomic E-state index is 12.2. The normalized spacial score (nSPS) is 14.7. The summed E-state index contributed by atoms with van der Waals surface area (Å²) in [4.78, 5) is 26.7. The van der Waals surface area contributed by atoms with E-state index in [-0.39, 0.29) is 0 Å². The van der Waals surface area contributed by atoms with Gasteiger partial charge in [0.2, 0.25) is 0 Å². The van der Waals surface area contributed by atoms with Crippen LogP contribution in [-0.2, 0) is 9.59 Å². The third-order valence-corrected chi connectivity index (χ3v) is 4.96. The highest BCUT2D eigenvalue weighted by atomic mass is 16.2. The molecule has 0 aromatic heterocycles. The summed E-state index contributed by atoms with van der Waals surface area (Å²) in [6.07, 6.45) is 2.41. The lowest BCUT2D eigenvalue weighted by molar-refractivity contribution is -0.132. The van der Waals surface area contributed by atoms with E-state index in [0.717, 1.165) is 35.8 Å². The van der Waals surface area contributed by atoms with Crippen LogP contribution in [0.3, 0.4) is 0 Å². The van der Waals surface area contributed by atoms with Crippen LogP contribution < -0.4 is 15.5 Å². The first-order valence-electron chi connectivity index (χ1n) is 9.46. The molecule has 2 aromatic carbocycles. The molecular weight excluding hydrogens is 338 g/mol. The monoisotopic (exact) mass is 365 g/mol. The molecule has 5 nitrogen and oxygen atoms in total. The Hall–Kier alpha value is -2.82. The zero-order valence-corrected chi connectivity index (χ0v) is 16.2. The molecule has 1 aliphatic rings. The van der Waals surface area contributed by atoms with E-state index in [4.69, 9.17) is 0 Å². The number of nitrogens with one attached hydrogen (secondary N) is 2. The molecule has 1 saturated heterocycles. The van der Waals surface area contributed by atoms with E-state index >= 15 is 0 Å². The number of rotatable bonds is 3. The minimum atomic E-state index is -0.672. The third-order valence-electron chi connectivity index (χ3n) is 4.96. The van der Waals surface area contributed by atoms with Crippen molar-refractivity contribution in [3.8, 4) is 0 Å². The first-order valence-corrected chi connectivity index (χ1v) is 9.46. The molecule has 0 atom stereocenters. The van der Waals surface area contributed by atoms with Gasteiger partial charge < -0.3 is 15.5 Å².